The van der Waals surface area contributed by atoms with E-state index in [1.54, 1.807) is 29.2 Å². The van der Waals surface area contributed by atoms with Gasteiger partial charge in [-0.05, 0) is 52.2 Å². The molecule has 1 atom stereocenters. The van der Waals surface area contributed by atoms with Gasteiger partial charge in [-0.3, -0.25) is 19.3 Å². The van der Waals surface area contributed by atoms with Crippen LogP contribution < -0.4 is 0 Å². The molecule has 3 amide bonds. The Kier molecular flexibility index (Phi) is 7.16. The van der Waals surface area contributed by atoms with Crippen LogP contribution in [-0.4, -0.2) is 58.2 Å². The van der Waals surface area contributed by atoms with Crippen molar-refractivity contribution in [3.05, 3.63) is 35.4 Å². The summed E-state index contributed by atoms with van der Waals surface area (Å²) in [4.78, 5) is 53.5. The Balaban J connectivity index is 2.19. The minimum absolute atomic E-state index is 0.0374. The molecular weight excluding hydrogens is 372 g/mol. The SMILES string of the molecule is CC(C)C[C@@H](C(=O)OCC(=O)N(C(C)C)C(C)C)N1C(=O)c2ccccc2C1=O. The van der Waals surface area contributed by atoms with Crippen LogP contribution in [-0.2, 0) is 14.3 Å². The summed E-state index contributed by atoms with van der Waals surface area (Å²) < 4.78 is 5.28. The first-order valence-corrected chi connectivity index (χ1v) is 10.0. The van der Waals surface area contributed by atoms with E-state index in [2.05, 4.69) is 0 Å². The van der Waals surface area contributed by atoms with Gasteiger partial charge in [0.05, 0.1) is 11.1 Å². The highest BCUT2D eigenvalue weighted by Crippen LogP contribution is 2.27. The summed E-state index contributed by atoms with van der Waals surface area (Å²) in [6.07, 6.45) is 0.260. The molecule has 0 spiro atoms. The number of hydrogen-bond acceptors (Lipinski definition) is 5. The summed E-state index contributed by atoms with van der Waals surface area (Å²) in [6.45, 7) is 10.9. The molecule has 0 aliphatic carbocycles. The maximum Gasteiger partial charge on any atom is 0.329 e. The third-order valence-electron chi connectivity index (χ3n) is 4.84. The van der Waals surface area contributed by atoms with Crippen LogP contribution >= 0.6 is 0 Å². The Labute approximate surface area is 172 Å². The normalized spacial score (nSPS) is 14.6. The van der Waals surface area contributed by atoms with Crippen LogP contribution in [0.2, 0.25) is 0 Å². The fraction of sp³-hybridized carbons (Fsp3) is 0.545. The quantitative estimate of drug-likeness (QED) is 0.493. The number of benzene rings is 1. The second-order valence-corrected chi connectivity index (χ2v) is 8.27. The van der Waals surface area contributed by atoms with E-state index in [1.165, 1.54) is 0 Å². The summed E-state index contributed by atoms with van der Waals surface area (Å²) in [5, 5.41) is 0. The molecule has 0 saturated carbocycles. The van der Waals surface area contributed by atoms with Gasteiger partial charge in [0.1, 0.15) is 6.04 Å². The molecule has 158 valence electrons. The molecule has 2 rings (SSSR count). The van der Waals surface area contributed by atoms with E-state index in [-0.39, 0.29) is 41.5 Å². The predicted octanol–water partition coefficient (Wildman–Crippen LogP) is 2.89. The van der Waals surface area contributed by atoms with Crippen molar-refractivity contribution in [1.82, 2.24) is 9.80 Å². The number of ether oxygens (including phenoxy) is 1. The Bertz CT molecular complexity index is 757. The van der Waals surface area contributed by atoms with Crippen LogP contribution in [0.4, 0.5) is 0 Å². The highest BCUT2D eigenvalue weighted by Gasteiger charge is 2.43. The van der Waals surface area contributed by atoms with Crippen molar-refractivity contribution in [3.8, 4) is 0 Å². The van der Waals surface area contributed by atoms with Gasteiger partial charge in [0.25, 0.3) is 17.7 Å². The zero-order chi connectivity index (χ0) is 21.9. The number of nitrogens with zero attached hydrogens (tertiary/aromatic N) is 2. The van der Waals surface area contributed by atoms with E-state index >= 15 is 0 Å². The molecule has 0 N–H and O–H groups in total. The molecule has 29 heavy (non-hydrogen) atoms. The van der Waals surface area contributed by atoms with Crippen LogP contribution in [0.15, 0.2) is 24.3 Å². The number of esters is 1. The van der Waals surface area contributed by atoms with E-state index in [0.29, 0.717) is 0 Å². The van der Waals surface area contributed by atoms with Crippen molar-refractivity contribution >= 4 is 23.7 Å². The van der Waals surface area contributed by atoms with Gasteiger partial charge in [0.2, 0.25) is 0 Å². The predicted molar refractivity (Wildman–Crippen MR) is 108 cm³/mol. The molecule has 7 heteroatoms. The third-order valence-corrected chi connectivity index (χ3v) is 4.84. The summed E-state index contributed by atoms with van der Waals surface area (Å²) >= 11 is 0. The number of imide groups is 1. The topological polar surface area (TPSA) is 84.0 Å². The van der Waals surface area contributed by atoms with Crippen LogP contribution in [0.1, 0.15) is 68.7 Å². The Morgan fingerprint density at radius 3 is 1.83 bits per heavy atom. The lowest BCUT2D eigenvalue weighted by Gasteiger charge is -2.31. The highest BCUT2D eigenvalue weighted by molar-refractivity contribution is 6.22. The Morgan fingerprint density at radius 1 is 0.931 bits per heavy atom. The lowest BCUT2D eigenvalue weighted by molar-refractivity contribution is -0.157. The fourth-order valence-corrected chi connectivity index (χ4v) is 3.72. The van der Waals surface area contributed by atoms with Crippen molar-refractivity contribution in [1.29, 1.82) is 0 Å². The highest BCUT2D eigenvalue weighted by atomic mass is 16.5. The number of fused-ring (bicyclic) bond motifs is 1. The molecule has 0 fully saturated rings. The van der Waals surface area contributed by atoms with Gasteiger partial charge in [-0.2, -0.15) is 0 Å². The van der Waals surface area contributed by atoms with Crippen LogP contribution in [0, 0.1) is 5.92 Å². The fourth-order valence-electron chi connectivity index (χ4n) is 3.72. The summed E-state index contributed by atoms with van der Waals surface area (Å²) in [7, 11) is 0. The second kappa shape index (κ2) is 9.20. The van der Waals surface area contributed by atoms with E-state index in [0.717, 1.165) is 4.90 Å². The molecule has 0 radical (unpaired) electrons. The molecule has 1 aromatic carbocycles. The van der Waals surface area contributed by atoms with Crippen molar-refractivity contribution in [2.45, 2.75) is 66.1 Å². The van der Waals surface area contributed by atoms with E-state index in [4.69, 9.17) is 4.74 Å². The van der Waals surface area contributed by atoms with Gasteiger partial charge < -0.3 is 9.64 Å². The van der Waals surface area contributed by atoms with Crippen molar-refractivity contribution in [2.75, 3.05) is 6.61 Å². The van der Waals surface area contributed by atoms with Gasteiger partial charge in [0.15, 0.2) is 6.61 Å². The standard InChI is InChI=1S/C22H30N2O5/c1-13(2)11-18(22(28)29-12-19(25)23(14(3)4)15(5)6)24-20(26)16-9-7-8-10-17(16)21(24)27/h7-10,13-15,18H,11-12H2,1-6H3/t18-/m0/s1. The van der Waals surface area contributed by atoms with Gasteiger partial charge in [0, 0.05) is 12.1 Å². The average Bonchev–Trinajstić information content (AvgIpc) is 2.88. The molecule has 0 bridgehead atoms. The first-order valence-electron chi connectivity index (χ1n) is 10.0. The average molecular weight is 402 g/mol. The maximum absolute atomic E-state index is 12.8. The largest absolute Gasteiger partial charge is 0.454 e. The van der Waals surface area contributed by atoms with Gasteiger partial charge in [-0.1, -0.05) is 26.0 Å². The molecule has 1 aliphatic heterocycles. The van der Waals surface area contributed by atoms with E-state index in [9.17, 15) is 19.2 Å². The van der Waals surface area contributed by atoms with Gasteiger partial charge in [-0.25, -0.2) is 4.79 Å². The zero-order valence-corrected chi connectivity index (χ0v) is 18.0. The molecule has 1 aliphatic rings. The van der Waals surface area contributed by atoms with E-state index in [1.807, 2.05) is 41.5 Å². The monoisotopic (exact) mass is 402 g/mol. The molecular formula is C22H30N2O5. The second-order valence-electron chi connectivity index (χ2n) is 8.27. The molecule has 7 nitrogen and oxygen atoms in total. The molecule has 0 saturated heterocycles. The van der Waals surface area contributed by atoms with Crippen LogP contribution in [0.25, 0.3) is 0 Å². The Hall–Kier alpha value is -2.70. The lowest BCUT2D eigenvalue weighted by atomic mass is 10.0. The first-order chi connectivity index (χ1) is 13.6. The number of amides is 3. The summed E-state index contributed by atoms with van der Waals surface area (Å²) in [6, 6.07) is 5.34. The van der Waals surface area contributed by atoms with E-state index < -0.39 is 30.4 Å². The maximum atomic E-state index is 12.8. The van der Waals surface area contributed by atoms with Gasteiger partial charge in [-0.15, -0.1) is 0 Å². The van der Waals surface area contributed by atoms with Crippen molar-refractivity contribution in [3.63, 3.8) is 0 Å². The smallest absolute Gasteiger partial charge is 0.329 e. The molecule has 1 heterocycles. The third kappa shape index (κ3) is 4.83. The lowest BCUT2D eigenvalue weighted by Crippen LogP contribution is -2.48. The zero-order valence-electron chi connectivity index (χ0n) is 18.0. The molecule has 0 aromatic heterocycles. The Morgan fingerprint density at radius 2 is 1.41 bits per heavy atom. The van der Waals surface area contributed by atoms with Gasteiger partial charge >= 0.3 is 5.97 Å². The molecule has 0 unspecified atom stereocenters. The molecule has 1 aromatic rings. The summed E-state index contributed by atoms with van der Waals surface area (Å²) in [5.74, 6) is -2.03. The number of rotatable bonds is 8. The summed E-state index contributed by atoms with van der Waals surface area (Å²) in [5.41, 5.74) is 0.557. The minimum Gasteiger partial charge on any atom is -0.454 e. The number of hydrogen-bond donors (Lipinski definition) is 0. The number of carbonyl (C=O) groups excluding carboxylic acids is 4. The first kappa shape index (κ1) is 22.6. The van der Waals surface area contributed by atoms with Crippen molar-refractivity contribution < 1.29 is 23.9 Å². The van der Waals surface area contributed by atoms with Crippen LogP contribution in [0.3, 0.4) is 0 Å². The number of carbonyl (C=O) groups is 4. The minimum atomic E-state index is -1.07. The van der Waals surface area contributed by atoms with Crippen molar-refractivity contribution in [2.24, 2.45) is 5.92 Å². The van der Waals surface area contributed by atoms with Crippen LogP contribution in [0.5, 0.6) is 0 Å².